The molecule has 0 N–H and O–H groups in total. The largest absolute Gasteiger partial charge is 0.207 e. The second-order valence-electron chi connectivity index (χ2n) is 7.58. The second kappa shape index (κ2) is 6.66. The molecule has 0 radical (unpaired) electrons. The Balaban J connectivity index is 1.44. The van der Waals surface area contributed by atoms with E-state index in [1.807, 2.05) is 12.1 Å². The van der Waals surface area contributed by atoms with Crippen molar-refractivity contribution >= 4 is 0 Å². The van der Waals surface area contributed by atoms with Gasteiger partial charge in [0.2, 0.25) is 0 Å². The smallest absolute Gasteiger partial charge is 0.126 e. The van der Waals surface area contributed by atoms with Gasteiger partial charge in [0, 0.05) is 6.07 Å². The maximum Gasteiger partial charge on any atom is 0.126 e. The number of hydrogen-bond donors (Lipinski definition) is 0. The van der Waals surface area contributed by atoms with Crippen molar-refractivity contribution in [1.82, 2.24) is 0 Å². The maximum absolute atomic E-state index is 13.4. The summed E-state index contributed by atoms with van der Waals surface area (Å²) in [4.78, 5) is 0. The minimum absolute atomic E-state index is 0.525. The molecule has 0 aliphatic heterocycles. The van der Waals surface area contributed by atoms with E-state index in [0.717, 1.165) is 23.5 Å². The van der Waals surface area contributed by atoms with Gasteiger partial charge in [0.25, 0.3) is 0 Å². The molecule has 0 bridgehead atoms. The van der Waals surface area contributed by atoms with Crippen LogP contribution in [-0.2, 0) is 0 Å². The molecule has 0 unspecified atom stereocenters. The number of benzene rings is 2. The summed E-state index contributed by atoms with van der Waals surface area (Å²) in [5.74, 6) is 1.58. The van der Waals surface area contributed by atoms with Gasteiger partial charge >= 0.3 is 0 Å². The maximum atomic E-state index is 13.4. The molecule has 0 nitrogen and oxygen atoms in total. The molecule has 4 rings (SSSR count). The van der Waals surface area contributed by atoms with Crippen LogP contribution in [0.25, 0.3) is 11.1 Å². The van der Waals surface area contributed by atoms with Crippen molar-refractivity contribution in [2.45, 2.75) is 50.9 Å². The summed E-state index contributed by atoms with van der Waals surface area (Å²) in [6.07, 6.45) is 9.65. The molecular weight excluding hydrogens is 302 g/mol. The van der Waals surface area contributed by atoms with E-state index in [0.29, 0.717) is 11.5 Å². The predicted molar refractivity (Wildman–Crippen MR) is 93.8 cm³/mol. The summed E-state index contributed by atoms with van der Waals surface area (Å²) in [6, 6.07) is 12.0. The highest BCUT2D eigenvalue weighted by Crippen LogP contribution is 2.44. The van der Waals surface area contributed by atoms with Crippen LogP contribution >= 0.6 is 0 Å². The predicted octanol–water partition coefficient (Wildman–Crippen LogP) is 6.71. The van der Waals surface area contributed by atoms with E-state index in [1.165, 1.54) is 62.6 Å². The van der Waals surface area contributed by atoms with Crippen LogP contribution in [-0.4, -0.2) is 0 Å². The minimum Gasteiger partial charge on any atom is -0.207 e. The Morgan fingerprint density at radius 2 is 1.21 bits per heavy atom. The monoisotopic (exact) mass is 326 g/mol. The zero-order valence-electron chi connectivity index (χ0n) is 14.0. The van der Waals surface area contributed by atoms with Gasteiger partial charge in [-0.2, -0.15) is 0 Å². The second-order valence-corrected chi connectivity index (χ2v) is 7.58. The third kappa shape index (κ3) is 3.24. The van der Waals surface area contributed by atoms with Gasteiger partial charge in [0.05, 0.1) is 0 Å². The molecule has 0 amide bonds. The molecular formula is C22H24F2. The summed E-state index contributed by atoms with van der Waals surface area (Å²) in [5, 5.41) is 0. The SMILES string of the molecule is Fc1cc(F)cc(-c2ccc(C3CCC(C4CCC4)CC3)cc2)c1. The van der Waals surface area contributed by atoms with Crippen molar-refractivity contribution in [3.63, 3.8) is 0 Å². The van der Waals surface area contributed by atoms with Gasteiger partial charge in [-0.1, -0.05) is 43.5 Å². The highest BCUT2D eigenvalue weighted by Gasteiger charge is 2.31. The van der Waals surface area contributed by atoms with E-state index in [4.69, 9.17) is 0 Å². The van der Waals surface area contributed by atoms with Crippen molar-refractivity contribution < 1.29 is 8.78 Å². The molecule has 2 aliphatic carbocycles. The van der Waals surface area contributed by atoms with Crippen molar-refractivity contribution in [1.29, 1.82) is 0 Å². The van der Waals surface area contributed by atoms with Crippen LogP contribution < -0.4 is 0 Å². The molecule has 2 fully saturated rings. The summed E-state index contributed by atoms with van der Waals surface area (Å²) in [5.41, 5.74) is 2.86. The molecule has 24 heavy (non-hydrogen) atoms. The fourth-order valence-corrected chi connectivity index (χ4v) is 4.50. The normalized spacial score (nSPS) is 24.6. The summed E-state index contributed by atoms with van der Waals surface area (Å²) < 4.78 is 26.8. The van der Waals surface area contributed by atoms with Gasteiger partial charge in [-0.15, -0.1) is 0 Å². The van der Waals surface area contributed by atoms with Gasteiger partial charge in [0.15, 0.2) is 0 Å². The Morgan fingerprint density at radius 1 is 0.625 bits per heavy atom. The minimum atomic E-state index is -0.525. The van der Waals surface area contributed by atoms with E-state index in [1.54, 1.807) is 0 Å². The Kier molecular flexibility index (Phi) is 4.39. The van der Waals surface area contributed by atoms with E-state index in [9.17, 15) is 8.78 Å². The molecule has 2 aliphatic rings. The van der Waals surface area contributed by atoms with Crippen LogP contribution in [0.3, 0.4) is 0 Å². The molecule has 2 aromatic rings. The molecule has 0 spiro atoms. The van der Waals surface area contributed by atoms with Crippen LogP contribution in [0.2, 0.25) is 0 Å². The highest BCUT2D eigenvalue weighted by molar-refractivity contribution is 5.63. The fraction of sp³-hybridized carbons (Fsp3) is 0.455. The zero-order valence-corrected chi connectivity index (χ0v) is 14.0. The number of hydrogen-bond acceptors (Lipinski definition) is 0. The first-order valence-corrected chi connectivity index (χ1v) is 9.25. The fourth-order valence-electron chi connectivity index (χ4n) is 4.50. The average molecular weight is 326 g/mol. The topological polar surface area (TPSA) is 0 Å². The van der Waals surface area contributed by atoms with E-state index in [2.05, 4.69) is 12.1 Å². The molecule has 0 heterocycles. The van der Waals surface area contributed by atoms with E-state index < -0.39 is 11.6 Å². The van der Waals surface area contributed by atoms with Gasteiger partial charge in [0.1, 0.15) is 11.6 Å². The van der Waals surface area contributed by atoms with Crippen molar-refractivity contribution in [3.05, 3.63) is 59.7 Å². The highest BCUT2D eigenvalue weighted by atomic mass is 19.1. The summed E-state index contributed by atoms with van der Waals surface area (Å²) in [7, 11) is 0. The van der Waals surface area contributed by atoms with E-state index in [-0.39, 0.29) is 0 Å². The Morgan fingerprint density at radius 3 is 1.75 bits per heavy atom. The van der Waals surface area contributed by atoms with Crippen LogP contribution in [0.5, 0.6) is 0 Å². The molecule has 0 saturated heterocycles. The lowest BCUT2D eigenvalue weighted by atomic mass is 9.67. The van der Waals surface area contributed by atoms with Gasteiger partial charge in [-0.25, -0.2) is 8.78 Å². The average Bonchev–Trinajstić information content (AvgIpc) is 2.53. The molecule has 2 saturated carbocycles. The van der Waals surface area contributed by atoms with Gasteiger partial charge in [-0.05, 0) is 72.3 Å². The first-order chi connectivity index (χ1) is 11.7. The molecule has 0 atom stereocenters. The summed E-state index contributed by atoms with van der Waals surface area (Å²) >= 11 is 0. The Labute approximate surface area is 142 Å². The summed E-state index contributed by atoms with van der Waals surface area (Å²) in [6.45, 7) is 0. The Bertz CT molecular complexity index is 672. The van der Waals surface area contributed by atoms with Crippen molar-refractivity contribution in [2.75, 3.05) is 0 Å². The first-order valence-electron chi connectivity index (χ1n) is 9.25. The lowest BCUT2D eigenvalue weighted by Crippen LogP contribution is -2.25. The lowest BCUT2D eigenvalue weighted by molar-refractivity contribution is 0.154. The Hall–Kier alpha value is -1.70. The number of rotatable bonds is 3. The molecule has 2 aromatic carbocycles. The third-order valence-electron chi connectivity index (χ3n) is 6.17. The van der Waals surface area contributed by atoms with E-state index >= 15 is 0 Å². The molecule has 0 aromatic heterocycles. The zero-order chi connectivity index (χ0) is 16.5. The van der Waals surface area contributed by atoms with Crippen LogP contribution in [0.1, 0.15) is 56.4 Å². The van der Waals surface area contributed by atoms with Crippen molar-refractivity contribution in [3.8, 4) is 11.1 Å². The molecule has 2 heteroatoms. The molecule has 126 valence electrons. The van der Waals surface area contributed by atoms with Crippen LogP contribution in [0.4, 0.5) is 8.78 Å². The van der Waals surface area contributed by atoms with Gasteiger partial charge < -0.3 is 0 Å². The van der Waals surface area contributed by atoms with Crippen LogP contribution in [0, 0.1) is 23.5 Å². The van der Waals surface area contributed by atoms with Gasteiger partial charge in [-0.3, -0.25) is 0 Å². The third-order valence-corrected chi connectivity index (χ3v) is 6.17. The quantitative estimate of drug-likeness (QED) is 0.588. The first kappa shape index (κ1) is 15.8. The lowest BCUT2D eigenvalue weighted by Gasteiger charge is -2.38. The number of halogens is 2. The van der Waals surface area contributed by atoms with Crippen molar-refractivity contribution in [2.24, 2.45) is 11.8 Å². The standard InChI is InChI=1S/C22H24F2/c23-21-12-20(13-22(24)14-21)19-10-8-18(9-11-19)17-6-4-16(5-7-17)15-2-1-3-15/h8-17H,1-7H2. The van der Waals surface area contributed by atoms with Crippen LogP contribution in [0.15, 0.2) is 42.5 Å².